The zero-order chi connectivity index (χ0) is 18.3. The van der Waals surface area contributed by atoms with Crippen LogP contribution in [0.4, 0.5) is 0 Å². The highest BCUT2D eigenvalue weighted by Crippen LogP contribution is 2.32. The first-order valence-corrected chi connectivity index (χ1v) is 8.01. The van der Waals surface area contributed by atoms with Crippen molar-refractivity contribution in [2.75, 3.05) is 26.9 Å². The third-order valence-electron chi connectivity index (χ3n) is 4.30. The molecule has 0 aliphatic carbocycles. The predicted octanol–water partition coefficient (Wildman–Crippen LogP) is 2.59. The Labute approximate surface area is 146 Å². The van der Waals surface area contributed by atoms with E-state index in [-0.39, 0.29) is 19.4 Å². The minimum absolute atomic E-state index is 0.0345. The van der Waals surface area contributed by atoms with Crippen LogP contribution in [-0.4, -0.2) is 49.1 Å². The summed E-state index contributed by atoms with van der Waals surface area (Å²) >= 11 is 0. The maximum absolute atomic E-state index is 11.9. The Morgan fingerprint density at radius 2 is 1.64 bits per heavy atom. The molecule has 0 radical (unpaired) electrons. The van der Waals surface area contributed by atoms with Crippen molar-refractivity contribution in [1.29, 1.82) is 0 Å². The third-order valence-corrected chi connectivity index (χ3v) is 4.30. The zero-order valence-corrected chi connectivity index (χ0v) is 14.1. The molecule has 0 saturated carbocycles. The van der Waals surface area contributed by atoms with Gasteiger partial charge in [0, 0.05) is 13.7 Å². The van der Waals surface area contributed by atoms with Gasteiger partial charge in [0.05, 0.1) is 13.2 Å². The van der Waals surface area contributed by atoms with Crippen molar-refractivity contribution in [3.8, 4) is 0 Å². The average Bonchev–Trinajstić information content (AvgIpc) is 2.60. The van der Waals surface area contributed by atoms with Crippen LogP contribution in [0.1, 0.15) is 12.0 Å². The van der Waals surface area contributed by atoms with Crippen molar-refractivity contribution >= 4 is 22.7 Å². The Bertz CT molecular complexity index is 720. The summed E-state index contributed by atoms with van der Waals surface area (Å²) in [7, 11) is 1.53. The van der Waals surface area contributed by atoms with Crippen LogP contribution in [0.2, 0.25) is 0 Å². The number of aliphatic carboxylic acids is 2. The van der Waals surface area contributed by atoms with Gasteiger partial charge in [-0.05, 0) is 29.2 Å². The van der Waals surface area contributed by atoms with Gasteiger partial charge >= 0.3 is 11.9 Å². The van der Waals surface area contributed by atoms with Crippen LogP contribution in [0.3, 0.4) is 0 Å². The lowest BCUT2D eigenvalue weighted by molar-refractivity contribution is -0.166. The lowest BCUT2D eigenvalue weighted by Gasteiger charge is -2.25. The van der Waals surface area contributed by atoms with E-state index >= 15 is 0 Å². The van der Waals surface area contributed by atoms with E-state index in [0.717, 1.165) is 10.8 Å². The highest BCUT2D eigenvalue weighted by Gasteiger charge is 2.46. The first-order valence-electron chi connectivity index (χ1n) is 8.01. The van der Waals surface area contributed by atoms with E-state index in [1.807, 2.05) is 30.3 Å². The Kier molecular flexibility index (Phi) is 6.50. The fourth-order valence-electron chi connectivity index (χ4n) is 2.81. The summed E-state index contributed by atoms with van der Waals surface area (Å²) in [6.45, 7) is 0.698. The monoisotopic (exact) mass is 346 g/mol. The predicted molar refractivity (Wildman–Crippen MR) is 92.7 cm³/mol. The second kappa shape index (κ2) is 8.60. The van der Waals surface area contributed by atoms with Gasteiger partial charge in [0.1, 0.15) is 0 Å². The van der Waals surface area contributed by atoms with Gasteiger partial charge < -0.3 is 19.7 Å². The first kappa shape index (κ1) is 18.9. The molecule has 0 aliphatic heterocycles. The lowest BCUT2D eigenvalue weighted by atomic mass is 9.78. The van der Waals surface area contributed by atoms with Crippen molar-refractivity contribution in [3.05, 3.63) is 48.0 Å². The average molecular weight is 346 g/mol. The molecule has 0 saturated heterocycles. The summed E-state index contributed by atoms with van der Waals surface area (Å²) in [6, 6.07) is 13.0. The topological polar surface area (TPSA) is 93.1 Å². The molecular formula is C19H22O6. The molecule has 0 amide bonds. The van der Waals surface area contributed by atoms with Crippen LogP contribution >= 0.6 is 0 Å². The number of carbonyl (C=O) groups is 2. The molecule has 0 bridgehead atoms. The molecule has 6 heteroatoms. The molecule has 6 nitrogen and oxygen atoms in total. The molecule has 25 heavy (non-hydrogen) atoms. The summed E-state index contributed by atoms with van der Waals surface area (Å²) in [5.74, 6) is -2.72. The Morgan fingerprint density at radius 3 is 2.32 bits per heavy atom. The van der Waals surface area contributed by atoms with Crippen molar-refractivity contribution < 1.29 is 29.3 Å². The number of benzene rings is 2. The summed E-state index contributed by atoms with van der Waals surface area (Å²) in [6.07, 6.45) is -0.225. The van der Waals surface area contributed by atoms with Gasteiger partial charge in [0.25, 0.3) is 0 Å². The van der Waals surface area contributed by atoms with Crippen molar-refractivity contribution in [2.45, 2.75) is 12.8 Å². The number of fused-ring (bicyclic) bond motifs is 1. The highest BCUT2D eigenvalue weighted by molar-refractivity contribution is 5.99. The van der Waals surface area contributed by atoms with Crippen LogP contribution in [0.15, 0.2) is 42.5 Å². The quantitative estimate of drug-likeness (QED) is 0.507. The van der Waals surface area contributed by atoms with E-state index in [1.165, 1.54) is 7.11 Å². The number of ether oxygens (including phenoxy) is 2. The number of carboxylic acids is 2. The molecule has 0 spiro atoms. The van der Waals surface area contributed by atoms with Crippen molar-refractivity contribution in [2.24, 2.45) is 5.41 Å². The first-order chi connectivity index (χ1) is 12.0. The number of carboxylic acid groups (broad SMARTS) is 2. The standard InChI is InChI=1S/C19H22O6/c1-24-11-12-25-10-9-19(17(20)21,18(22)23)13-15-7-4-6-14-5-2-3-8-16(14)15/h2-8H,9-13H2,1H3,(H,20,21)(H,22,23). The fraction of sp³-hybridized carbons (Fsp3) is 0.368. The molecule has 2 aromatic rings. The Morgan fingerprint density at radius 1 is 0.960 bits per heavy atom. The molecule has 0 atom stereocenters. The van der Waals surface area contributed by atoms with E-state index < -0.39 is 17.4 Å². The van der Waals surface area contributed by atoms with Crippen molar-refractivity contribution in [1.82, 2.24) is 0 Å². The number of methoxy groups -OCH3 is 1. The lowest BCUT2D eigenvalue weighted by Crippen LogP contribution is -2.42. The van der Waals surface area contributed by atoms with E-state index in [4.69, 9.17) is 9.47 Å². The van der Waals surface area contributed by atoms with Crippen LogP contribution in [0.25, 0.3) is 10.8 Å². The fourth-order valence-corrected chi connectivity index (χ4v) is 2.81. The molecule has 0 unspecified atom stereocenters. The second-order valence-corrected chi connectivity index (χ2v) is 5.86. The number of hydrogen-bond acceptors (Lipinski definition) is 4. The normalized spacial score (nSPS) is 11.6. The van der Waals surface area contributed by atoms with Crippen LogP contribution in [-0.2, 0) is 25.5 Å². The maximum atomic E-state index is 11.9. The van der Waals surface area contributed by atoms with Gasteiger partial charge in [-0.25, -0.2) is 0 Å². The Balaban J connectivity index is 2.29. The smallest absolute Gasteiger partial charge is 0.321 e. The van der Waals surface area contributed by atoms with E-state index in [2.05, 4.69) is 0 Å². The molecule has 134 valence electrons. The highest BCUT2D eigenvalue weighted by atomic mass is 16.5. The second-order valence-electron chi connectivity index (χ2n) is 5.86. The summed E-state index contributed by atoms with van der Waals surface area (Å²) in [4.78, 5) is 23.7. The minimum Gasteiger partial charge on any atom is -0.480 e. The SMILES string of the molecule is COCCOCCC(Cc1cccc2ccccc12)(C(=O)O)C(=O)O. The Hall–Kier alpha value is -2.44. The molecule has 0 aromatic heterocycles. The minimum atomic E-state index is -1.93. The summed E-state index contributed by atoms with van der Waals surface area (Å²) in [5, 5.41) is 21.1. The van der Waals surface area contributed by atoms with E-state index in [9.17, 15) is 19.8 Å². The van der Waals surface area contributed by atoms with Crippen LogP contribution in [0, 0.1) is 5.41 Å². The van der Waals surface area contributed by atoms with Crippen LogP contribution in [0.5, 0.6) is 0 Å². The summed E-state index contributed by atoms with van der Waals surface area (Å²) in [5.41, 5.74) is -1.24. The van der Waals surface area contributed by atoms with Gasteiger partial charge in [-0.1, -0.05) is 42.5 Å². The summed E-state index contributed by atoms with van der Waals surface area (Å²) < 4.78 is 10.2. The molecule has 0 aliphatic rings. The van der Waals surface area contributed by atoms with Gasteiger partial charge in [-0.3, -0.25) is 9.59 Å². The van der Waals surface area contributed by atoms with Crippen molar-refractivity contribution in [3.63, 3.8) is 0 Å². The van der Waals surface area contributed by atoms with E-state index in [0.29, 0.717) is 18.8 Å². The van der Waals surface area contributed by atoms with E-state index in [1.54, 1.807) is 12.1 Å². The van der Waals surface area contributed by atoms with Gasteiger partial charge in [0.15, 0.2) is 5.41 Å². The molecule has 2 rings (SSSR count). The number of hydrogen-bond donors (Lipinski definition) is 2. The van der Waals surface area contributed by atoms with Gasteiger partial charge in [-0.15, -0.1) is 0 Å². The molecular weight excluding hydrogens is 324 g/mol. The van der Waals surface area contributed by atoms with Gasteiger partial charge in [-0.2, -0.15) is 0 Å². The van der Waals surface area contributed by atoms with Gasteiger partial charge in [0.2, 0.25) is 0 Å². The largest absolute Gasteiger partial charge is 0.480 e. The molecule has 0 heterocycles. The molecule has 0 fully saturated rings. The molecule has 2 N–H and O–H groups in total. The van der Waals surface area contributed by atoms with Crippen LogP contribution < -0.4 is 0 Å². The number of rotatable bonds is 10. The maximum Gasteiger partial charge on any atom is 0.321 e. The zero-order valence-electron chi connectivity index (χ0n) is 14.1. The molecule has 2 aromatic carbocycles. The third kappa shape index (κ3) is 4.35.